The fraction of sp³-hybridized carbons (Fsp3) is 0.600. The Kier molecular flexibility index (Phi) is 4.66. The van der Waals surface area contributed by atoms with Gasteiger partial charge in [0.25, 0.3) is 0 Å². The van der Waals surface area contributed by atoms with Crippen LogP contribution in [0.5, 0.6) is 0 Å². The quantitative estimate of drug-likeness (QED) is 0.853. The lowest BCUT2D eigenvalue weighted by molar-refractivity contribution is 0.00166. The monoisotopic (exact) mass is 329 g/mol. The Balaban J connectivity index is 1.65. The summed E-state index contributed by atoms with van der Waals surface area (Å²) in [7, 11) is 0. The predicted octanol–water partition coefficient (Wildman–Crippen LogP) is 3.84. The van der Waals surface area contributed by atoms with Crippen LogP contribution < -0.4 is 10.2 Å². The average molecular weight is 329 g/mol. The highest BCUT2D eigenvalue weighted by molar-refractivity contribution is 5.68. The first kappa shape index (κ1) is 17.0. The number of hydrogen-bond acceptors (Lipinski definition) is 4. The molecule has 3 rings (SSSR count). The van der Waals surface area contributed by atoms with Crippen molar-refractivity contribution in [3.05, 3.63) is 36.2 Å². The van der Waals surface area contributed by atoms with Crippen molar-refractivity contribution >= 4 is 11.4 Å². The van der Waals surface area contributed by atoms with Gasteiger partial charge in [-0.3, -0.25) is 0 Å². The van der Waals surface area contributed by atoms with Crippen LogP contribution in [0.2, 0.25) is 0 Å². The predicted molar refractivity (Wildman–Crippen MR) is 102 cm³/mol. The van der Waals surface area contributed by atoms with Gasteiger partial charge in [-0.15, -0.1) is 0 Å². The second kappa shape index (κ2) is 6.58. The van der Waals surface area contributed by atoms with Gasteiger partial charge in [0, 0.05) is 43.6 Å². The van der Waals surface area contributed by atoms with E-state index in [1.165, 1.54) is 29.8 Å². The average Bonchev–Trinajstić information content (AvgIpc) is 2.52. The number of hydrogen-bond donors (Lipinski definition) is 1. The van der Waals surface area contributed by atoms with E-state index in [9.17, 15) is 0 Å². The van der Waals surface area contributed by atoms with Gasteiger partial charge in [0.05, 0.1) is 0 Å². The molecule has 132 valence electrons. The number of piperazine rings is 1. The second-order valence-corrected chi connectivity index (χ2v) is 7.97. The molecule has 0 aromatic heterocycles. The summed E-state index contributed by atoms with van der Waals surface area (Å²) in [5.74, 6) is 0.799. The third-order valence-corrected chi connectivity index (χ3v) is 4.78. The van der Waals surface area contributed by atoms with E-state index in [2.05, 4.69) is 67.6 Å². The molecule has 4 heteroatoms. The van der Waals surface area contributed by atoms with Crippen molar-refractivity contribution in [3.63, 3.8) is 0 Å². The topological polar surface area (TPSA) is 27.7 Å². The van der Waals surface area contributed by atoms with Gasteiger partial charge in [-0.25, -0.2) is 0 Å². The number of nitrogens with one attached hydrogen (secondary N) is 1. The van der Waals surface area contributed by atoms with Gasteiger partial charge in [0.15, 0.2) is 5.88 Å². The van der Waals surface area contributed by atoms with Crippen LogP contribution in [0.3, 0.4) is 0 Å². The summed E-state index contributed by atoms with van der Waals surface area (Å²) in [6, 6.07) is 7.23. The molecule has 1 aromatic carbocycles. The van der Waals surface area contributed by atoms with Crippen LogP contribution in [0.1, 0.15) is 39.7 Å². The number of fused-ring (bicyclic) bond motifs is 1. The molecule has 0 spiro atoms. The Bertz CT molecular complexity index is 597. The maximum absolute atomic E-state index is 5.92. The molecule has 2 aliphatic rings. The summed E-state index contributed by atoms with van der Waals surface area (Å²) < 4.78 is 5.92. The molecule has 2 aliphatic heterocycles. The van der Waals surface area contributed by atoms with Gasteiger partial charge < -0.3 is 19.9 Å². The van der Waals surface area contributed by atoms with Crippen LogP contribution in [0.15, 0.2) is 30.7 Å². The summed E-state index contributed by atoms with van der Waals surface area (Å²) in [4.78, 5) is 4.77. The zero-order valence-electron chi connectivity index (χ0n) is 15.6. The van der Waals surface area contributed by atoms with E-state index in [0.717, 1.165) is 32.1 Å². The van der Waals surface area contributed by atoms with Gasteiger partial charge >= 0.3 is 0 Å². The van der Waals surface area contributed by atoms with Crippen molar-refractivity contribution in [1.29, 1.82) is 0 Å². The molecule has 4 nitrogen and oxygen atoms in total. The lowest BCUT2D eigenvalue weighted by Crippen LogP contribution is -2.47. The van der Waals surface area contributed by atoms with Crippen molar-refractivity contribution in [2.45, 2.75) is 52.2 Å². The van der Waals surface area contributed by atoms with Crippen molar-refractivity contribution in [2.75, 3.05) is 36.4 Å². The lowest BCUT2D eigenvalue weighted by Gasteiger charge is -2.40. The van der Waals surface area contributed by atoms with E-state index in [4.69, 9.17) is 4.74 Å². The Hall–Kier alpha value is -1.84. The van der Waals surface area contributed by atoms with Gasteiger partial charge in [-0.2, -0.15) is 0 Å². The van der Waals surface area contributed by atoms with E-state index >= 15 is 0 Å². The summed E-state index contributed by atoms with van der Waals surface area (Å²) in [5, 5.41) is 3.62. The molecule has 0 aliphatic carbocycles. The largest absolute Gasteiger partial charge is 0.474 e. The Labute approximate surface area is 146 Å². The first-order valence-electron chi connectivity index (χ1n) is 9.10. The van der Waals surface area contributed by atoms with E-state index in [1.807, 2.05) is 0 Å². The van der Waals surface area contributed by atoms with Crippen LogP contribution in [0.25, 0.3) is 0 Å². The van der Waals surface area contributed by atoms with Gasteiger partial charge in [-0.1, -0.05) is 6.07 Å². The molecule has 24 heavy (non-hydrogen) atoms. The summed E-state index contributed by atoms with van der Waals surface area (Å²) in [5.41, 5.74) is 4.01. The smallest absolute Gasteiger partial charge is 0.182 e. The van der Waals surface area contributed by atoms with Gasteiger partial charge in [0.1, 0.15) is 5.60 Å². The molecular weight excluding hydrogens is 298 g/mol. The zero-order valence-corrected chi connectivity index (χ0v) is 15.6. The van der Waals surface area contributed by atoms with Crippen molar-refractivity contribution in [1.82, 2.24) is 4.90 Å². The van der Waals surface area contributed by atoms with Crippen LogP contribution in [-0.2, 0) is 11.2 Å². The highest BCUT2D eigenvalue weighted by Gasteiger charge is 2.25. The number of rotatable bonds is 3. The Morgan fingerprint density at radius 1 is 1.21 bits per heavy atom. The first-order valence-corrected chi connectivity index (χ1v) is 9.10. The minimum Gasteiger partial charge on any atom is -0.474 e. The maximum Gasteiger partial charge on any atom is 0.182 e. The molecule has 0 saturated carbocycles. The van der Waals surface area contributed by atoms with Crippen LogP contribution >= 0.6 is 0 Å². The minimum absolute atomic E-state index is 0.185. The van der Waals surface area contributed by atoms with E-state index in [0.29, 0.717) is 6.04 Å². The molecule has 2 heterocycles. The van der Waals surface area contributed by atoms with Crippen LogP contribution in [0, 0.1) is 0 Å². The third-order valence-electron chi connectivity index (χ3n) is 4.78. The second-order valence-electron chi connectivity index (χ2n) is 7.97. The molecule has 1 atom stereocenters. The van der Waals surface area contributed by atoms with Crippen molar-refractivity contribution in [2.24, 2.45) is 0 Å². The molecular formula is C20H31N3O. The van der Waals surface area contributed by atoms with E-state index in [1.54, 1.807) is 0 Å². The van der Waals surface area contributed by atoms with Crippen LogP contribution in [0.4, 0.5) is 11.4 Å². The summed E-state index contributed by atoms with van der Waals surface area (Å²) in [6.45, 7) is 16.5. The number of benzene rings is 1. The standard InChI is InChI=1S/C20H31N3O/c1-15-9-10-17-18(21-15)7-6-8-19(17)23-13-11-22(12-14-23)16(2)24-20(3,4)5/h6-8,15,21H,2,9-14H2,1,3-5H3. The first-order chi connectivity index (χ1) is 11.3. The van der Waals surface area contributed by atoms with Crippen molar-refractivity contribution in [3.8, 4) is 0 Å². The molecule has 0 bridgehead atoms. The SMILES string of the molecule is C=C(OC(C)(C)C)N1CCN(c2cccc3c2CCC(C)N3)CC1. The molecule has 0 amide bonds. The highest BCUT2D eigenvalue weighted by atomic mass is 16.5. The molecule has 0 radical (unpaired) electrons. The molecule has 1 saturated heterocycles. The lowest BCUT2D eigenvalue weighted by atomic mass is 9.96. The molecule has 1 unspecified atom stereocenters. The Morgan fingerprint density at radius 3 is 2.58 bits per heavy atom. The number of ether oxygens (including phenoxy) is 1. The van der Waals surface area contributed by atoms with Crippen LogP contribution in [-0.4, -0.2) is 42.7 Å². The summed E-state index contributed by atoms with van der Waals surface area (Å²) >= 11 is 0. The minimum atomic E-state index is -0.185. The third kappa shape index (κ3) is 3.80. The zero-order chi connectivity index (χ0) is 17.3. The number of anilines is 2. The fourth-order valence-corrected chi connectivity index (χ4v) is 3.58. The number of nitrogens with zero attached hydrogens (tertiary/aromatic N) is 2. The molecule has 1 N–H and O–H groups in total. The summed E-state index contributed by atoms with van der Waals surface area (Å²) in [6.07, 6.45) is 2.37. The Morgan fingerprint density at radius 2 is 1.92 bits per heavy atom. The normalized spacial score (nSPS) is 21.1. The maximum atomic E-state index is 5.92. The van der Waals surface area contributed by atoms with Gasteiger partial charge in [-0.05, 0) is 64.8 Å². The van der Waals surface area contributed by atoms with Gasteiger partial charge in [0.2, 0.25) is 0 Å². The fourth-order valence-electron chi connectivity index (χ4n) is 3.58. The molecule has 1 aromatic rings. The highest BCUT2D eigenvalue weighted by Crippen LogP contribution is 2.34. The molecule has 1 fully saturated rings. The van der Waals surface area contributed by atoms with E-state index < -0.39 is 0 Å². The van der Waals surface area contributed by atoms with E-state index in [-0.39, 0.29) is 5.60 Å². The van der Waals surface area contributed by atoms with Crippen molar-refractivity contribution < 1.29 is 4.74 Å².